The molecule has 0 heterocycles. The molecular formula is C23H36O3. The van der Waals surface area contributed by atoms with Crippen LogP contribution in [0.5, 0.6) is 5.75 Å². The number of benzene rings is 2. The van der Waals surface area contributed by atoms with Gasteiger partial charge in [-0.15, -0.1) is 0 Å². The third kappa shape index (κ3) is 17.0. The number of hydrogen-bond donors (Lipinski definition) is 3. The van der Waals surface area contributed by atoms with Gasteiger partial charge in [-0.2, -0.15) is 0 Å². The van der Waals surface area contributed by atoms with Crippen LogP contribution >= 0.6 is 0 Å². The SMILES string of the molecule is CCCCCCCCCc1ccccc1.OCCO.Oc1ccccc1. The van der Waals surface area contributed by atoms with E-state index in [2.05, 4.69) is 37.3 Å². The van der Waals surface area contributed by atoms with Crippen LogP contribution in [0.4, 0.5) is 0 Å². The van der Waals surface area contributed by atoms with Crippen LogP contribution in [0.3, 0.4) is 0 Å². The summed E-state index contributed by atoms with van der Waals surface area (Å²) in [5.74, 6) is 0.322. The Balaban J connectivity index is 0.000000467. The molecule has 0 saturated carbocycles. The maximum atomic E-state index is 8.63. The summed E-state index contributed by atoms with van der Waals surface area (Å²) in [4.78, 5) is 0. The number of hydrogen-bond acceptors (Lipinski definition) is 3. The zero-order valence-electron chi connectivity index (χ0n) is 16.2. The van der Waals surface area contributed by atoms with Crippen LogP contribution < -0.4 is 0 Å². The normalized spacial score (nSPS) is 9.50. The van der Waals surface area contributed by atoms with E-state index < -0.39 is 0 Å². The van der Waals surface area contributed by atoms with Crippen LogP contribution in [0.25, 0.3) is 0 Å². The fourth-order valence-corrected chi connectivity index (χ4v) is 2.36. The minimum Gasteiger partial charge on any atom is -0.508 e. The second-order valence-corrected chi connectivity index (χ2v) is 6.14. The van der Waals surface area contributed by atoms with Gasteiger partial charge in [-0.3, -0.25) is 0 Å². The highest BCUT2D eigenvalue weighted by Crippen LogP contribution is 2.10. The molecule has 146 valence electrons. The number of phenols is 1. The largest absolute Gasteiger partial charge is 0.508 e. The molecule has 0 spiro atoms. The molecule has 3 heteroatoms. The molecule has 3 N–H and O–H groups in total. The average Bonchev–Trinajstić information content (AvgIpc) is 2.69. The third-order valence-corrected chi connectivity index (χ3v) is 3.77. The van der Waals surface area contributed by atoms with Gasteiger partial charge < -0.3 is 15.3 Å². The van der Waals surface area contributed by atoms with Crippen molar-refractivity contribution in [3.05, 3.63) is 66.2 Å². The summed E-state index contributed by atoms with van der Waals surface area (Å²) in [6.07, 6.45) is 11.1. The standard InChI is InChI=1S/C15H24.C6H6O.C2H6O2/c1-2-3-4-5-6-7-9-12-15-13-10-8-11-14-15;7-6-4-2-1-3-5-6;3-1-2-4/h8,10-11,13-14H,2-7,9,12H2,1H3;1-5,7H;3-4H,1-2H2. The Morgan fingerprint density at radius 2 is 1.08 bits per heavy atom. The topological polar surface area (TPSA) is 60.7 Å². The van der Waals surface area contributed by atoms with Crippen LogP contribution in [-0.2, 0) is 6.42 Å². The molecule has 0 amide bonds. The molecule has 3 nitrogen and oxygen atoms in total. The lowest BCUT2D eigenvalue weighted by Gasteiger charge is -2.01. The van der Waals surface area contributed by atoms with Gasteiger partial charge in [0.1, 0.15) is 5.75 Å². The highest BCUT2D eigenvalue weighted by Gasteiger charge is 1.93. The number of para-hydroxylation sites is 1. The molecule has 0 bridgehead atoms. The molecule has 26 heavy (non-hydrogen) atoms. The molecule has 0 aliphatic carbocycles. The fraction of sp³-hybridized carbons (Fsp3) is 0.478. The van der Waals surface area contributed by atoms with E-state index in [1.165, 1.54) is 56.9 Å². The van der Waals surface area contributed by atoms with Gasteiger partial charge >= 0.3 is 0 Å². The van der Waals surface area contributed by atoms with Gasteiger partial charge in [0.2, 0.25) is 0 Å². The Hall–Kier alpha value is -1.84. The van der Waals surface area contributed by atoms with E-state index in [-0.39, 0.29) is 13.2 Å². The number of phenolic OH excluding ortho intramolecular Hbond substituents is 1. The quantitative estimate of drug-likeness (QED) is 0.529. The Labute approximate surface area is 159 Å². The Morgan fingerprint density at radius 1 is 0.615 bits per heavy atom. The fourth-order valence-electron chi connectivity index (χ4n) is 2.36. The lowest BCUT2D eigenvalue weighted by Crippen LogP contribution is -1.85. The molecule has 0 atom stereocenters. The maximum absolute atomic E-state index is 8.63. The van der Waals surface area contributed by atoms with E-state index >= 15 is 0 Å². The highest BCUT2D eigenvalue weighted by molar-refractivity contribution is 5.18. The van der Waals surface area contributed by atoms with Crippen molar-refractivity contribution in [1.82, 2.24) is 0 Å². The molecule has 0 radical (unpaired) electrons. The summed E-state index contributed by atoms with van der Waals surface area (Å²) in [5.41, 5.74) is 1.49. The maximum Gasteiger partial charge on any atom is 0.115 e. The van der Waals surface area contributed by atoms with E-state index in [1.54, 1.807) is 24.3 Å². The molecule has 0 unspecified atom stereocenters. The second kappa shape index (κ2) is 19.5. The van der Waals surface area contributed by atoms with Gasteiger partial charge in [0, 0.05) is 0 Å². The number of rotatable bonds is 9. The van der Waals surface area contributed by atoms with E-state index in [1.807, 2.05) is 6.07 Å². The highest BCUT2D eigenvalue weighted by atomic mass is 16.3. The second-order valence-electron chi connectivity index (χ2n) is 6.14. The first-order valence-corrected chi connectivity index (χ1v) is 9.74. The average molecular weight is 361 g/mol. The molecular weight excluding hydrogens is 324 g/mol. The zero-order valence-corrected chi connectivity index (χ0v) is 16.2. The van der Waals surface area contributed by atoms with Crippen molar-refractivity contribution >= 4 is 0 Å². The Kier molecular flexibility index (Phi) is 18.1. The Morgan fingerprint density at radius 3 is 1.50 bits per heavy atom. The predicted octanol–water partition coefficient (Wildman–Crippen LogP) is 5.34. The molecule has 0 aliphatic heterocycles. The molecule has 0 aliphatic rings. The molecule has 2 aromatic rings. The van der Waals surface area contributed by atoms with Crippen molar-refractivity contribution in [3.8, 4) is 5.75 Å². The van der Waals surface area contributed by atoms with Crippen LogP contribution in [0, 0.1) is 0 Å². The Bertz CT molecular complexity index is 483. The van der Waals surface area contributed by atoms with E-state index in [0.717, 1.165) is 0 Å². The van der Waals surface area contributed by atoms with Gasteiger partial charge in [0.25, 0.3) is 0 Å². The molecule has 0 saturated heterocycles. The summed E-state index contributed by atoms with van der Waals surface area (Å²) in [6.45, 7) is 2.02. The van der Waals surface area contributed by atoms with Gasteiger partial charge in [0.05, 0.1) is 13.2 Å². The number of unbranched alkanes of at least 4 members (excludes halogenated alkanes) is 6. The van der Waals surface area contributed by atoms with Gasteiger partial charge in [-0.05, 0) is 30.5 Å². The van der Waals surface area contributed by atoms with Gasteiger partial charge in [-0.25, -0.2) is 0 Å². The number of aryl methyl sites for hydroxylation is 1. The van der Waals surface area contributed by atoms with Gasteiger partial charge in [-0.1, -0.05) is 94.0 Å². The smallest absolute Gasteiger partial charge is 0.115 e. The summed E-state index contributed by atoms with van der Waals surface area (Å²) in [7, 11) is 0. The van der Waals surface area contributed by atoms with Crippen LogP contribution in [0.2, 0.25) is 0 Å². The minimum atomic E-state index is -0.125. The monoisotopic (exact) mass is 360 g/mol. The third-order valence-electron chi connectivity index (χ3n) is 3.77. The van der Waals surface area contributed by atoms with Crippen molar-refractivity contribution in [2.75, 3.05) is 13.2 Å². The van der Waals surface area contributed by atoms with E-state index in [4.69, 9.17) is 15.3 Å². The molecule has 2 rings (SSSR count). The van der Waals surface area contributed by atoms with Crippen LogP contribution in [0.1, 0.15) is 57.4 Å². The summed E-state index contributed by atoms with van der Waals surface area (Å²) < 4.78 is 0. The minimum absolute atomic E-state index is 0.125. The number of aliphatic hydroxyl groups is 2. The van der Waals surface area contributed by atoms with Crippen molar-refractivity contribution in [2.45, 2.75) is 58.3 Å². The first kappa shape index (κ1) is 24.2. The first-order chi connectivity index (χ1) is 12.7. The first-order valence-electron chi connectivity index (χ1n) is 9.74. The number of aliphatic hydroxyl groups excluding tert-OH is 2. The van der Waals surface area contributed by atoms with Crippen molar-refractivity contribution in [1.29, 1.82) is 0 Å². The van der Waals surface area contributed by atoms with Crippen molar-refractivity contribution in [3.63, 3.8) is 0 Å². The molecule has 0 fully saturated rings. The summed E-state index contributed by atoms with van der Waals surface area (Å²) >= 11 is 0. The van der Waals surface area contributed by atoms with Crippen molar-refractivity contribution in [2.24, 2.45) is 0 Å². The van der Waals surface area contributed by atoms with Crippen LogP contribution in [0.15, 0.2) is 60.7 Å². The zero-order chi connectivity index (χ0) is 19.3. The van der Waals surface area contributed by atoms with Crippen molar-refractivity contribution < 1.29 is 15.3 Å². The van der Waals surface area contributed by atoms with E-state index in [0.29, 0.717) is 5.75 Å². The summed E-state index contributed by atoms with van der Waals surface area (Å²) in [6, 6.07) is 19.5. The van der Waals surface area contributed by atoms with Gasteiger partial charge in [0.15, 0.2) is 0 Å². The molecule has 2 aromatic carbocycles. The summed E-state index contributed by atoms with van der Waals surface area (Å²) in [5, 5.41) is 23.9. The lowest BCUT2D eigenvalue weighted by atomic mass is 10.0. The lowest BCUT2D eigenvalue weighted by molar-refractivity contribution is 0.186. The predicted molar refractivity (Wildman–Crippen MR) is 110 cm³/mol. The number of aromatic hydroxyl groups is 1. The molecule has 0 aromatic heterocycles. The van der Waals surface area contributed by atoms with E-state index in [9.17, 15) is 0 Å². The van der Waals surface area contributed by atoms with Crippen LogP contribution in [-0.4, -0.2) is 28.5 Å².